The number of fused-ring (bicyclic) bond motifs is 3. The summed E-state index contributed by atoms with van der Waals surface area (Å²) in [7, 11) is 0. The van der Waals surface area contributed by atoms with Crippen LogP contribution >= 0.6 is 0 Å². The maximum Gasteiger partial charge on any atom is 0.160 e. The minimum absolute atomic E-state index is 0.685. The number of hydrogen-bond donors (Lipinski definition) is 0. The largest absolute Gasteiger partial charge is 0.259 e. The average Bonchev–Trinajstić information content (AvgIpc) is 2.61. The van der Waals surface area contributed by atoms with Crippen LogP contribution in [0.25, 0.3) is 11.4 Å². The van der Waals surface area contributed by atoms with Gasteiger partial charge in [-0.05, 0) is 12.1 Å². The van der Waals surface area contributed by atoms with Crippen molar-refractivity contribution in [1.29, 1.82) is 0 Å². The second-order valence-electron chi connectivity index (χ2n) is 3.09. The van der Waals surface area contributed by atoms with E-state index in [0.717, 1.165) is 17.1 Å². The summed E-state index contributed by atoms with van der Waals surface area (Å²) in [6.45, 7) is 0.685. The van der Waals surface area contributed by atoms with Gasteiger partial charge in [-0.25, -0.2) is 9.67 Å². The monoisotopic (exact) mass is 184 g/mol. The molecule has 0 fully saturated rings. The van der Waals surface area contributed by atoms with Crippen LogP contribution < -0.4 is 0 Å². The quantitative estimate of drug-likeness (QED) is 0.625. The molecule has 0 spiro atoms. The molecule has 0 unspecified atom stereocenters. The first-order chi connectivity index (χ1) is 6.95. The van der Waals surface area contributed by atoms with E-state index >= 15 is 0 Å². The van der Waals surface area contributed by atoms with Gasteiger partial charge in [-0.3, -0.25) is 4.99 Å². The third kappa shape index (κ3) is 0.970. The lowest BCUT2D eigenvalue weighted by atomic mass is 10.2. The van der Waals surface area contributed by atoms with E-state index in [1.807, 2.05) is 35.2 Å². The second kappa shape index (κ2) is 2.77. The topological polar surface area (TPSA) is 43.1 Å². The summed E-state index contributed by atoms with van der Waals surface area (Å²) >= 11 is 0. The summed E-state index contributed by atoms with van der Waals surface area (Å²) in [5.41, 5.74) is 2.00. The summed E-state index contributed by atoms with van der Waals surface area (Å²) < 4.78 is 1.84. The molecule has 0 atom stereocenters. The van der Waals surface area contributed by atoms with E-state index < -0.39 is 0 Å². The Bertz CT molecular complexity index is 498. The van der Waals surface area contributed by atoms with E-state index in [2.05, 4.69) is 15.1 Å². The summed E-state index contributed by atoms with van der Waals surface area (Å²) in [5.74, 6) is 0.887. The van der Waals surface area contributed by atoms with Gasteiger partial charge in [0.15, 0.2) is 5.82 Å². The van der Waals surface area contributed by atoms with Gasteiger partial charge >= 0.3 is 0 Å². The Hall–Kier alpha value is -1.97. The SMILES string of the molecule is C1=Nc2ccccc2-c2ncnn2C1. The molecule has 0 saturated heterocycles. The summed E-state index contributed by atoms with van der Waals surface area (Å²) in [6, 6.07) is 7.95. The molecule has 2 heterocycles. The summed E-state index contributed by atoms with van der Waals surface area (Å²) in [5, 5.41) is 4.13. The molecule has 3 rings (SSSR count). The summed E-state index contributed by atoms with van der Waals surface area (Å²) in [4.78, 5) is 8.58. The highest BCUT2D eigenvalue weighted by molar-refractivity contribution is 5.77. The van der Waals surface area contributed by atoms with Crippen molar-refractivity contribution in [3.8, 4) is 11.4 Å². The number of nitrogens with zero attached hydrogens (tertiary/aromatic N) is 4. The molecule has 0 radical (unpaired) electrons. The molecule has 0 aliphatic carbocycles. The Morgan fingerprint density at radius 2 is 2.14 bits per heavy atom. The van der Waals surface area contributed by atoms with Gasteiger partial charge < -0.3 is 0 Å². The van der Waals surface area contributed by atoms with Crippen LogP contribution in [0, 0.1) is 0 Å². The number of benzene rings is 1. The number of rotatable bonds is 0. The molecular weight excluding hydrogens is 176 g/mol. The molecule has 68 valence electrons. The van der Waals surface area contributed by atoms with Crippen molar-refractivity contribution >= 4 is 11.9 Å². The van der Waals surface area contributed by atoms with Crippen LogP contribution in [0.4, 0.5) is 5.69 Å². The van der Waals surface area contributed by atoms with Gasteiger partial charge in [0.25, 0.3) is 0 Å². The second-order valence-corrected chi connectivity index (χ2v) is 3.09. The molecule has 0 bridgehead atoms. The van der Waals surface area contributed by atoms with Crippen LogP contribution in [0.15, 0.2) is 35.6 Å². The molecule has 1 aromatic carbocycles. The van der Waals surface area contributed by atoms with Crippen LogP contribution in [0.5, 0.6) is 0 Å². The Morgan fingerprint density at radius 3 is 3.14 bits per heavy atom. The molecule has 4 heteroatoms. The van der Waals surface area contributed by atoms with E-state index in [9.17, 15) is 0 Å². The lowest BCUT2D eigenvalue weighted by Crippen LogP contribution is -2.01. The van der Waals surface area contributed by atoms with E-state index in [0.29, 0.717) is 6.54 Å². The lowest BCUT2D eigenvalue weighted by molar-refractivity contribution is 0.741. The first-order valence-electron chi connectivity index (χ1n) is 4.45. The molecule has 4 nitrogen and oxygen atoms in total. The zero-order chi connectivity index (χ0) is 9.38. The van der Waals surface area contributed by atoms with Crippen molar-refractivity contribution in [1.82, 2.24) is 14.8 Å². The summed E-state index contributed by atoms with van der Waals surface area (Å²) in [6.07, 6.45) is 3.43. The van der Waals surface area contributed by atoms with Crippen LogP contribution in [0.1, 0.15) is 0 Å². The first-order valence-corrected chi connectivity index (χ1v) is 4.45. The maximum atomic E-state index is 4.35. The highest BCUT2D eigenvalue weighted by atomic mass is 15.3. The first kappa shape index (κ1) is 7.44. The Kier molecular flexibility index (Phi) is 1.47. The van der Waals surface area contributed by atoms with Gasteiger partial charge in [-0.15, -0.1) is 0 Å². The third-order valence-electron chi connectivity index (χ3n) is 2.25. The van der Waals surface area contributed by atoms with Crippen molar-refractivity contribution in [2.24, 2.45) is 4.99 Å². The van der Waals surface area contributed by atoms with Crippen LogP contribution in [-0.4, -0.2) is 21.0 Å². The molecule has 2 aromatic rings. The zero-order valence-electron chi connectivity index (χ0n) is 7.46. The van der Waals surface area contributed by atoms with Crippen LogP contribution in [0.2, 0.25) is 0 Å². The van der Waals surface area contributed by atoms with E-state index in [1.54, 1.807) is 6.33 Å². The van der Waals surface area contributed by atoms with Gasteiger partial charge in [0.2, 0.25) is 0 Å². The Balaban J connectivity index is 2.34. The van der Waals surface area contributed by atoms with Crippen LogP contribution in [-0.2, 0) is 6.54 Å². The predicted molar refractivity (Wildman–Crippen MR) is 53.6 cm³/mol. The van der Waals surface area contributed by atoms with Crippen molar-refractivity contribution in [2.45, 2.75) is 6.54 Å². The van der Waals surface area contributed by atoms with Crippen molar-refractivity contribution in [3.05, 3.63) is 30.6 Å². The van der Waals surface area contributed by atoms with Crippen molar-refractivity contribution in [2.75, 3.05) is 0 Å². The number of hydrogen-bond acceptors (Lipinski definition) is 3. The van der Waals surface area contributed by atoms with Gasteiger partial charge in [-0.2, -0.15) is 5.10 Å². The van der Waals surface area contributed by atoms with E-state index in [1.165, 1.54) is 0 Å². The molecule has 1 aliphatic rings. The normalized spacial score (nSPS) is 13.1. The lowest BCUT2D eigenvalue weighted by Gasteiger charge is -2.01. The number of para-hydroxylation sites is 1. The third-order valence-corrected chi connectivity index (χ3v) is 2.25. The zero-order valence-corrected chi connectivity index (χ0v) is 7.46. The minimum Gasteiger partial charge on any atom is -0.259 e. The fraction of sp³-hybridized carbons (Fsp3) is 0.100. The Labute approximate surface area is 80.9 Å². The maximum absolute atomic E-state index is 4.35. The van der Waals surface area contributed by atoms with Gasteiger partial charge in [0.1, 0.15) is 6.33 Å². The standard InChI is InChI=1S/C10H8N4/c1-2-4-9-8(3-1)10-12-7-13-14(10)6-5-11-9/h1-5,7H,6H2. The molecule has 1 aliphatic heterocycles. The van der Waals surface area contributed by atoms with Gasteiger partial charge in [0.05, 0.1) is 12.2 Å². The molecule has 0 saturated carbocycles. The fourth-order valence-electron chi connectivity index (χ4n) is 1.60. The number of aliphatic imine (C=N–C) groups is 1. The molecule has 0 amide bonds. The van der Waals surface area contributed by atoms with Gasteiger partial charge in [0, 0.05) is 11.8 Å². The van der Waals surface area contributed by atoms with Crippen molar-refractivity contribution in [3.63, 3.8) is 0 Å². The van der Waals surface area contributed by atoms with E-state index in [4.69, 9.17) is 0 Å². The van der Waals surface area contributed by atoms with Crippen LogP contribution in [0.3, 0.4) is 0 Å². The highest BCUT2D eigenvalue weighted by Gasteiger charge is 2.12. The highest BCUT2D eigenvalue weighted by Crippen LogP contribution is 2.29. The van der Waals surface area contributed by atoms with E-state index in [-0.39, 0.29) is 0 Å². The van der Waals surface area contributed by atoms with Crippen molar-refractivity contribution < 1.29 is 0 Å². The number of aromatic nitrogens is 3. The average molecular weight is 184 g/mol. The van der Waals surface area contributed by atoms with Gasteiger partial charge in [-0.1, -0.05) is 12.1 Å². The Morgan fingerprint density at radius 1 is 1.21 bits per heavy atom. The molecule has 14 heavy (non-hydrogen) atoms. The molecule has 1 aromatic heterocycles. The molecular formula is C10H8N4. The molecule has 0 N–H and O–H groups in total. The smallest absolute Gasteiger partial charge is 0.160 e. The predicted octanol–water partition coefficient (Wildman–Crippen LogP) is 1.66. The minimum atomic E-state index is 0.685. The fourth-order valence-corrected chi connectivity index (χ4v) is 1.60.